The molecule has 8 nitrogen and oxygen atoms in total. The van der Waals surface area contributed by atoms with Crippen molar-refractivity contribution in [1.29, 1.82) is 0 Å². The third kappa shape index (κ3) is 5.64. The molecule has 0 unspecified atom stereocenters. The van der Waals surface area contributed by atoms with Crippen molar-refractivity contribution in [2.24, 2.45) is 18.9 Å². The molecule has 3 aromatic rings. The van der Waals surface area contributed by atoms with Crippen LogP contribution in [0.25, 0.3) is 22.4 Å². The van der Waals surface area contributed by atoms with E-state index in [2.05, 4.69) is 25.3 Å². The number of hydrogen-bond donors (Lipinski definition) is 0. The first-order valence-electron chi connectivity index (χ1n) is 12.9. The maximum absolute atomic E-state index is 12.6. The zero-order valence-electron chi connectivity index (χ0n) is 22.0. The molecule has 2 aromatic heterocycles. The van der Waals surface area contributed by atoms with Crippen LogP contribution in [0.5, 0.6) is 5.75 Å². The lowest BCUT2D eigenvalue weighted by Gasteiger charge is -2.21. The van der Waals surface area contributed by atoms with E-state index in [0.717, 1.165) is 47.6 Å². The average molecular weight is 496 g/mol. The van der Waals surface area contributed by atoms with Crippen molar-refractivity contribution in [2.75, 3.05) is 19.8 Å². The molecule has 0 spiro atoms. The molecule has 36 heavy (non-hydrogen) atoms. The van der Waals surface area contributed by atoms with Gasteiger partial charge in [-0.1, -0.05) is 13.8 Å². The van der Waals surface area contributed by atoms with Crippen molar-refractivity contribution < 1.29 is 19.0 Å². The second kappa shape index (κ2) is 11.3. The highest BCUT2D eigenvalue weighted by molar-refractivity contribution is 5.82. The van der Waals surface area contributed by atoms with E-state index in [4.69, 9.17) is 19.2 Å². The second-order valence-electron chi connectivity index (χ2n) is 9.92. The van der Waals surface area contributed by atoms with Crippen molar-refractivity contribution in [3.63, 3.8) is 0 Å². The first kappa shape index (κ1) is 25.9. The summed E-state index contributed by atoms with van der Waals surface area (Å²) in [5.41, 5.74) is 3.46. The number of ether oxygens (including phenoxy) is 3. The molecule has 194 valence electrons. The number of carbonyl (C=O) groups excluding carboxylic acids is 1. The van der Waals surface area contributed by atoms with Gasteiger partial charge in [-0.25, -0.2) is 4.98 Å². The Morgan fingerprint density at radius 3 is 2.75 bits per heavy atom. The Bertz CT molecular complexity index is 1240. The molecule has 8 heteroatoms. The number of rotatable bonds is 10. The summed E-state index contributed by atoms with van der Waals surface area (Å²) in [6, 6.07) is 7.83. The lowest BCUT2D eigenvalue weighted by atomic mass is 9.91. The molecule has 0 amide bonds. The maximum atomic E-state index is 12.6. The molecule has 0 bridgehead atoms. The van der Waals surface area contributed by atoms with Gasteiger partial charge < -0.3 is 23.3 Å². The van der Waals surface area contributed by atoms with Crippen LogP contribution in [0.1, 0.15) is 45.6 Å². The average Bonchev–Trinajstić information content (AvgIpc) is 3.48. The number of carbonyl (C=O) groups is 1. The molecule has 3 heterocycles. The van der Waals surface area contributed by atoms with E-state index in [1.54, 1.807) is 11.6 Å². The maximum Gasteiger partial charge on any atom is 0.309 e. The summed E-state index contributed by atoms with van der Waals surface area (Å²) in [7, 11) is 1.76. The Morgan fingerprint density at radius 1 is 1.28 bits per heavy atom. The summed E-state index contributed by atoms with van der Waals surface area (Å²) in [5, 5.41) is 0. The van der Waals surface area contributed by atoms with Crippen LogP contribution < -0.4 is 10.3 Å². The van der Waals surface area contributed by atoms with Crippen molar-refractivity contribution in [2.45, 2.75) is 59.6 Å². The van der Waals surface area contributed by atoms with E-state index in [0.29, 0.717) is 31.8 Å². The molecular formula is C28H37N3O5. The van der Waals surface area contributed by atoms with Crippen LogP contribution in [0, 0.1) is 18.8 Å². The van der Waals surface area contributed by atoms with E-state index >= 15 is 0 Å². The van der Waals surface area contributed by atoms with Crippen molar-refractivity contribution in [3.8, 4) is 17.1 Å². The van der Waals surface area contributed by atoms with E-state index in [1.165, 1.54) is 0 Å². The van der Waals surface area contributed by atoms with E-state index in [1.807, 2.05) is 37.4 Å². The van der Waals surface area contributed by atoms with Crippen LogP contribution in [-0.2, 0) is 27.9 Å². The standard InChI is InChI=1S/C28H37N3O5/c1-6-31-25-10-9-21(15-24(25)29-26(31)20-14-19(4)27(32)30(5)16-20)35-12-7-8-23(18(2)3)28(33)36-22-11-13-34-17-22/h9-10,14-16,18,22-23H,6-8,11-13,17H2,1-5H3/t22-,23-/m0/s1. The third-order valence-corrected chi connectivity index (χ3v) is 6.86. The van der Waals surface area contributed by atoms with Gasteiger partial charge in [0.15, 0.2) is 0 Å². The quantitative estimate of drug-likeness (QED) is 0.304. The lowest BCUT2D eigenvalue weighted by molar-refractivity contribution is -0.156. The van der Waals surface area contributed by atoms with Gasteiger partial charge in [-0.3, -0.25) is 9.59 Å². The smallest absolute Gasteiger partial charge is 0.309 e. The Labute approximate surface area is 212 Å². The number of aromatic nitrogens is 3. The summed E-state index contributed by atoms with van der Waals surface area (Å²) >= 11 is 0. The highest BCUT2D eigenvalue weighted by Crippen LogP contribution is 2.28. The Morgan fingerprint density at radius 2 is 2.08 bits per heavy atom. The number of aryl methyl sites for hydroxylation is 3. The highest BCUT2D eigenvalue weighted by Gasteiger charge is 2.28. The molecule has 1 aliphatic rings. The monoisotopic (exact) mass is 495 g/mol. The van der Waals surface area contributed by atoms with Gasteiger partial charge in [0.2, 0.25) is 0 Å². The molecule has 1 fully saturated rings. The van der Waals surface area contributed by atoms with Gasteiger partial charge in [0.25, 0.3) is 5.56 Å². The van der Waals surface area contributed by atoms with Gasteiger partial charge in [-0.2, -0.15) is 0 Å². The van der Waals surface area contributed by atoms with Crippen LogP contribution in [-0.4, -0.2) is 46.0 Å². The molecule has 4 rings (SSSR count). The fourth-order valence-corrected chi connectivity index (χ4v) is 4.81. The normalized spacial score (nSPS) is 16.6. The molecule has 0 radical (unpaired) electrons. The number of imidazole rings is 1. The number of hydrogen-bond acceptors (Lipinski definition) is 6. The minimum absolute atomic E-state index is 0.00545. The van der Waals surface area contributed by atoms with E-state index in [9.17, 15) is 9.59 Å². The molecule has 2 atom stereocenters. The Balaban J connectivity index is 1.42. The zero-order valence-corrected chi connectivity index (χ0v) is 22.0. The number of benzene rings is 1. The summed E-state index contributed by atoms with van der Waals surface area (Å²) in [5.74, 6) is 1.50. The van der Waals surface area contributed by atoms with Gasteiger partial charge >= 0.3 is 5.97 Å². The number of fused-ring (bicyclic) bond motifs is 1. The summed E-state index contributed by atoms with van der Waals surface area (Å²) in [4.78, 5) is 29.6. The fourth-order valence-electron chi connectivity index (χ4n) is 4.81. The molecule has 1 saturated heterocycles. The zero-order chi connectivity index (χ0) is 25.8. The van der Waals surface area contributed by atoms with Gasteiger partial charge in [-0.15, -0.1) is 0 Å². The van der Waals surface area contributed by atoms with Crippen LogP contribution in [0.4, 0.5) is 0 Å². The third-order valence-electron chi connectivity index (χ3n) is 6.86. The second-order valence-corrected chi connectivity index (χ2v) is 9.92. The van der Waals surface area contributed by atoms with Crippen LogP contribution in [0.2, 0.25) is 0 Å². The van der Waals surface area contributed by atoms with Gasteiger partial charge in [-0.05, 0) is 50.8 Å². The molecule has 1 aliphatic heterocycles. The van der Waals surface area contributed by atoms with Crippen molar-refractivity contribution in [3.05, 3.63) is 46.4 Å². The van der Waals surface area contributed by atoms with Gasteiger partial charge in [0, 0.05) is 43.4 Å². The minimum Gasteiger partial charge on any atom is -0.494 e. The summed E-state index contributed by atoms with van der Waals surface area (Å²) < 4.78 is 20.7. The number of nitrogens with zero attached hydrogens (tertiary/aromatic N) is 3. The van der Waals surface area contributed by atoms with Crippen LogP contribution in [0.15, 0.2) is 35.3 Å². The Kier molecular flexibility index (Phi) is 8.14. The molecule has 0 N–H and O–H groups in total. The molecule has 0 aliphatic carbocycles. The summed E-state index contributed by atoms with van der Waals surface area (Å²) in [6.07, 6.45) is 3.96. The van der Waals surface area contributed by atoms with Crippen molar-refractivity contribution >= 4 is 17.0 Å². The fraction of sp³-hybridized carbons (Fsp3) is 0.536. The van der Waals surface area contributed by atoms with Gasteiger partial charge in [0.05, 0.1) is 36.8 Å². The first-order chi connectivity index (χ1) is 17.3. The highest BCUT2D eigenvalue weighted by atomic mass is 16.6. The number of pyridine rings is 1. The first-order valence-corrected chi connectivity index (χ1v) is 12.9. The largest absolute Gasteiger partial charge is 0.494 e. The molecule has 1 aromatic carbocycles. The van der Waals surface area contributed by atoms with Gasteiger partial charge in [0.1, 0.15) is 17.7 Å². The molecule has 0 saturated carbocycles. The summed E-state index contributed by atoms with van der Waals surface area (Å²) in [6.45, 7) is 10.4. The molecular weight excluding hydrogens is 458 g/mol. The van der Waals surface area contributed by atoms with E-state index < -0.39 is 0 Å². The number of esters is 1. The SMILES string of the molecule is CCn1c(-c2cc(C)c(=O)n(C)c2)nc2cc(OCCC[C@H](C(=O)O[C@H]3CCOC3)C(C)C)ccc21. The predicted octanol–water partition coefficient (Wildman–Crippen LogP) is 4.49. The van der Waals surface area contributed by atoms with Crippen LogP contribution in [0.3, 0.4) is 0 Å². The Hall–Kier alpha value is -3.13. The lowest BCUT2D eigenvalue weighted by Crippen LogP contribution is -2.28. The van der Waals surface area contributed by atoms with Crippen LogP contribution >= 0.6 is 0 Å². The topological polar surface area (TPSA) is 84.6 Å². The van der Waals surface area contributed by atoms with Crippen molar-refractivity contribution in [1.82, 2.24) is 14.1 Å². The van der Waals surface area contributed by atoms with E-state index in [-0.39, 0.29) is 29.5 Å². The minimum atomic E-state index is -0.148. The predicted molar refractivity (Wildman–Crippen MR) is 139 cm³/mol.